The Morgan fingerprint density at radius 2 is 2.18 bits per heavy atom. The quantitative estimate of drug-likeness (QED) is 0.605. The molecule has 1 aliphatic heterocycles. The van der Waals surface area contributed by atoms with E-state index in [0.29, 0.717) is 19.4 Å². The minimum Gasteiger partial charge on any atom is -0.370 e. The van der Waals surface area contributed by atoms with Crippen LogP contribution < -0.4 is 16.4 Å². The van der Waals surface area contributed by atoms with Crippen molar-refractivity contribution in [1.82, 2.24) is 10.6 Å². The fourth-order valence-electron chi connectivity index (χ4n) is 1.87. The van der Waals surface area contributed by atoms with Crippen LogP contribution in [0.3, 0.4) is 0 Å². The third-order valence-electron chi connectivity index (χ3n) is 2.71. The lowest BCUT2D eigenvalue weighted by Gasteiger charge is -2.29. The lowest BCUT2D eigenvalue weighted by Crippen LogP contribution is -2.51. The number of nitrogens with two attached hydrogens (primary N) is 1. The van der Waals surface area contributed by atoms with E-state index in [4.69, 9.17) is 5.73 Å². The van der Waals surface area contributed by atoms with Crippen molar-refractivity contribution in [3.63, 3.8) is 0 Å². The first-order valence-electron chi connectivity index (χ1n) is 5.67. The van der Waals surface area contributed by atoms with Gasteiger partial charge in [-0.05, 0) is 20.3 Å². The summed E-state index contributed by atoms with van der Waals surface area (Å²) in [6.45, 7) is 3.85. The number of hydrogen-bond acceptors (Lipinski definition) is 3. The molecule has 6 nitrogen and oxygen atoms in total. The predicted octanol–water partition coefficient (Wildman–Crippen LogP) is -0.717. The zero-order valence-electron chi connectivity index (χ0n) is 10.2. The Kier molecular flexibility index (Phi) is 4.09. The van der Waals surface area contributed by atoms with E-state index in [2.05, 4.69) is 10.6 Å². The van der Waals surface area contributed by atoms with Gasteiger partial charge < -0.3 is 16.4 Å². The van der Waals surface area contributed by atoms with Crippen molar-refractivity contribution < 1.29 is 14.4 Å². The molecule has 0 aromatic heterocycles. The van der Waals surface area contributed by atoms with Crippen molar-refractivity contribution in [2.45, 2.75) is 38.6 Å². The number of amides is 3. The summed E-state index contributed by atoms with van der Waals surface area (Å²) in [7, 11) is 0. The number of primary amides is 1. The highest BCUT2D eigenvalue weighted by Crippen LogP contribution is 2.14. The number of carbonyl (C=O) groups is 3. The zero-order valence-corrected chi connectivity index (χ0v) is 10.2. The van der Waals surface area contributed by atoms with Gasteiger partial charge >= 0.3 is 0 Å². The van der Waals surface area contributed by atoms with Crippen LogP contribution in [0, 0.1) is 5.92 Å². The molecule has 17 heavy (non-hydrogen) atoms. The van der Waals surface area contributed by atoms with E-state index in [1.54, 1.807) is 13.8 Å². The number of carbonyl (C=O) groups excluding carboxylic acids is 3. The molecule has 1 saturated heterocycles. The van der Waals surface area contributed by atoms with Gasteiger partial charge in [-0.2, -0.15) is 0 Å². The van der Waals surface area contributed by atoms with Crippen LogP contribution in [0.5, 0.6) is 0 Å². The minimum absolute atomic E-state index is 0.0227. The fraction of sp³-hybridized carbons (Fsp3) is 0.727. The van der Waals surface area contributed by atoms with E-state index in [1.807, 2.05) is 0 Å². The number of hydrogen-bond donors (Lipinski definition) is 3. The van der Waals surface area contributed by atoms with Gasteiger partial charge in [0.05, 0.1) is 5.92 Å². The smallest absolute Gasteiger partial charge is 0.225 e. The summed E-state index contributed by atoms with van der Waals surface area (Å²) in [5.41, 5.74) is 4.46. The molecule has 4 N–H and O–H groups in total. The van der Waals surface area contributed by atoms with Crippen molar-refractivity contribution in [1.29, 1.82) is 0 Å². The molecular weight excluding hydrogens is 222 g/mol. The lowest BCUT2D eigenvalue weighted by atomic mass is 9.94. The Hall–Kier alpha value is -1.59. The summed E-state index contributed by atoms with van der Waals surface area (Å²) in [6.07, 6.45) is 1.01. The Labute approximate surface area is 100 Å². The lowest BCUT2D eigenvalue weighted by molar-refractivity contribution is -0.130. The Balaban J connectivity index is 2.48. The monoisotopic (exact) mass is 241 g/mol. The molecule has 0 bridgehead atoms. The van der Waals surface area contributed by atoms with Gasteiger partial charge in [0.15, 0.2) is 0 Å². The molecule has 3 amide bonds. The maximum atomic E-state index is 11.9. The van der Waals surface area contributed by atoms with Gasteiger partial charge in [-0.25, -0.2) is 0 Å². The first-order valence-corrected chi connectivity index (χ1v) is 5.67. The van der Waals surface area contributed by atoms with Crippen LogP contribution in [0.15, 0.2) is 0 Å². The van der Waals surface area contributed by atoms with Gasteiger partial charge in [-0.15, -0.1) is 0 Å². The highest BCUT2D eigenvalue weighted by atomic mass is 16.2. The molecule has 96 valence electrons. The molecule has 1 heterocycles. The molecule has 0 aromatic carbocycles. The summed E-state index contributed by atoms with van der Waals surface area (Å²) in [6, 6.07) is 0. The molecule has 1 unspecified atom stereocenters. The predicted molar refractivity (Wildman–Crippen MR) is 61.8 cm³/mol. The van der Waals surface area contributed by atoms with Crippen LogP contribution in [-0.4, -0.2) is 29.8 Å². The molecule has 1 aliphatic rings. The van der Waals surface area contributed by atoms with Crippen LogP contribution in [-0.2, 0) is 14.4 Å². The van der Waals surface area contributed by atoms with Crippen molar-refractivity contribution in [3.8, 4) is 0 Å². The first-order chi connectivity index (χ1) is 7.80. The first kappa shape index (κ1) is 13.5. The van der Waals surface area contributed by atoms with E-state index in [1.165, 1.54) is 0 Å². The second kappa shape index (κ2) is 5.16. The number of rotatable bonds is 4. The second-order valence-electron chi connectivity index (χ2n) is 5.06. The molecule has 0 aliphatic carbocycles. The average Bonchev–Trinajstić information content (AvgIpc) is 2.15. The summed E-state index contributed by atoms with van der Waals surface area (Å²) >= 11 is 0. The zero-order chi connectivity index (χ0) is 13.1. The van der Waals surface area contributed by atoms with Crippen molar-refractivity contribution in [2.75, 3.05) is 6.54 Å². The van der Waals surface area contributed by atoms with Gasteiger partial charge in [0.25, 0.3) is 0 Å². The maximum absolute atomic E-state index is 11.9. The summed E-state index contributed by atoms with van der Waals surface area (Å²) in [5.74, 6) is -0.839. The van der Waals surface area contributed by atoms with Gasteiger partial charge in [0.2, 0.25) is 17.7 Å². The third kappa shape index (κ3) is 4.42. The number of nitrogens with one attached hydrogen (secondary N) is 2. The van der Waals surface area contributed by atoms with Crippen molar-refractivity contribution >= 4 is 17.7 Å². The van der Waals surface area contributed by atoms with Gasteiger partial charge in [-0.3, -0.25) is 14.4 Å². The average molecular weight is 241 g/mol. The SMILES string of the molecule is CC(C)(CC(N)=O)NC(=O)C1CCC(=O)NC1. The number of piperidine rings is 1. The Morgan fingerprint density at radius 1 is 1.53 bits per heavy atom. The topological polar surface area (TPSA) is 101 Å². The van der Waals surface area contributed by atoms with Crippen molar-refractivity contribution in [2.24, 2.45) is 11.7 Å². The van der Waals surface area contributed by atoms with Crippen LogP contribution in [0.4, 0.5) is 0 Å². The fourth-order valence-corrected chi connectivity index (χ4v) is 1.87. The van der Waals surface area contributed by atoms with Gasteiger partial charge in [0, 0.05) is 24.9 Å². The molecular formula is C11H19N3O3. The minimum atomic E-state index is -0.648. The van der Waals surface area contributed by atoms with E-state index < -0.39 is 11.4 Å². The molecule has 1 rings (SSSR count). The molecule has 0 radical (unpaired) electrons. The van der Waals surface area contributed by atoms with E-state index in [0.717, 1.165) is 0 Å². The molecule has 0 saturated carbocycles. The Bertz CT molecular complexity index is 329. The molecule has 0 spiro atoms. The highest BCUT2D eigenvalue weighted by Gasteiger charge is 2.29. The molecule has 1 fully saturated rings. The van der Waals surface area contributed by atoms with E-state index in [-0.39, 0.29) is 24.2 Å². The molecule has 1 atom stereocenters. The van der Waals surface area contributed by atoms with E-state index in [9.17, 15) is 14.4 Å². The van der Waals surface area contributed by atoms with Gasteiger partial charge in [-0.1, -0.05) is 0 Å². The largest absolute Gasteiger partial charge is 0.370 e. The third-order valence-corrected chi connectivity index (χ3v) is 2.71. The summed E-state index contributed by atoms with van der Waals surface area (Å²) < 4.78 is 0. The molecule has 6 heteroatoms. The second-order valence-corrected chi connectivity index (χ2v) is 5.06. The standard InChI is InChI=1S/C11H19N3O3/c1-11(2,5-8(12)15)14-10(17)7-3-4-9(16)13-6-7/h7H,3-6H2,1-2H3,(H2,12,15)(H,13,16)(H,14,17). The normalized spacial score (nSPS) is 20.6. The van der Waals surface area contributed by atoms with Crippen molar-refractivity contribution in [3.05, 3.63) is 0 Å². The highest BCUT2D eigenvalue weighted by molar-refractivity contribution is 5.84. The van der Waals surface area contributed by atoms with Crippen LogP contribution in [0.25, 0.3) is 0 Å². The maximum Gasteiger partial charge on any atom is 0.225 e. The Morgan fingerprint density at radius 3 is 2.65 bits per heavy atom. The van der Waals surface area contributed by atoms with Crippen LogP contribution in [0.2, 0.25) is 0 Å². The molecule has 0 aromatic rings. The summed E-state index contributed by atoms with van der Waals surface area (Å²) in [5, 5.41) is 5.43. The summed E-state index contributed by atoms with van der Waals surface area (Å²) in [4.78, 5) is 33.7. The van der Waals surface area contributed by atoms with E-state index >= 15 is 0 Å². The van der Waals surface area contributed by atoms with Crippen LogP contribution >= 0.6 is 0 Å². The van der Waals surface area contributed by atoms with Crippen LogP contribution in [0.1, 0.15) is 33.1 Å². The van der Waals surface area contributed by atoms with Gasteiger partial charge in [0.1, 0.15) is 0 Å².